The molecule has 0 aromatic carbocycles. The van der Waals surface area contributed by atoms with Crippen LogP contribution in [-0.4, -0.2) is 28.1 Å². The summed E-state index contributed by atoms with van der Waals surface area (Å²) in [5.74, 6) is 0. The van der Waals surface area contributed by atoms with Crippen LogP contribution in [0.1, 0.15) is 59.3 Å². The van der Waals surface area contributed by atoms with Crippen molar-refractivity contribution < 1.29 is 13.6 Å². The molecule has 0 aliphatic heterocycles. The third kappa shape index (κ3) is 11.5. The van der Waals surface area contributed by atoms with Gasteiger partial charge in [0.25, 0.3) is 0 Å². The first-order valence-corrected chi connectivity index (χ1v) is 13.4. The van der Waals surface area contributed by atoms with Crippen molar-refractivity contribution in [3.63, 3.8) is 0 Å². The molecule has 0 aromatic heterocycles. The van der Waals surface area contributed by atoms with Crippen molar-refractivity contribution in [3.05, 3.63) is 0 Å². The predicted octanol–water partition coefficient (Wildman–Crippen LogP) is 6.22. The van der Waals surface area contributed by atoms with Crippen molar-refractivity contribution in [2.24, 2.45) is 4.41 Å². The largest absolute Gasteiger partial charge is 0.346 e. The summed E-state index contributed by atoms with van der Waals surface area (Å²) in [6, 6.07) is 0. The van der Waals surface area contributed by atoms with Crippen LogP contribution < -0.4 is 0 Å². The Kier molecular flexibility index (Phi) is 12.0. The molecular weight excluding hydrogens is 301 g/mol. The monoisotopic (exact) mass is 337 g/mol. The lowest BCUT2D eigenvalue weighted by molar-refractivity contribution is 0.144. The van der Waals surface area contributed by atoms with Crippen LogP contribution in [0.2, 0.25) is 19.6 Å². The molecule has 0 aliphatic carbocycles. The maximum atomic E-state index is 6.07. The van der Waals surface area contributed by atoms with Crippen molar-refractivity contribution in [1.82, 2.24) is 0 Å². The van der Waals surface area contributed by atoms with E-state index in [0.717, 1.165) is 38.5 Å². The average molecular weight is 338 g/mol. The molecule has 4 nitrogen and oxygen atoms in total. The molecule has 0 radical (unpaired) electrons. The Morgan fingerprint density at radius 1 is 0.714 bits per heavy atom. The molecule has 0 saturated heterocycles. The number of hydrogen-bond acceptors (Lipinski definition) is 4. The lowest BCUT2D eigenvalue weighted by Gasteiger charge is -2.27. The molecule has 0 spiro atoms. The molecule has 0 bridgehead atoms. The third-order valence-corrected chi connectivity index (χ3v) is 7.59. The lowest BCUT2D eigenvalue weighted by atomic mass is 10.4. The van der Waals surface area contributed by atoms with E-state index in [-0.39, 0.29) is 0 Å². The standard InChI is InChI=1S/C15H36NO3PSi/c1-7-10-13-17-20(16-21(4,5)6,18-14-11-8-2)19-15-12-9-3/h7-15H2,1-6H3. The van der Waals surface area contributed by atoms with E-state index in [0.29, 0.717) is 19.8 Å². The van der Waals surface area contributed by atoms with E-state index >= 15 is 0 Å². The zero-order chi connectivity index (χ0) is 16.2. The van der Waals surface area contributed by atoms with E-state index in [4.69, 9.17) is 18.0 Å². The highest BCUT2D eigenvalue weighted by Gasteiger charge is 2.28. The first-order chi connectivity index (χ1) is 9.89. The van der Waals surface area contributed by atoms with Crippen LogP contribution in [0.3, 0.4) is 0 Å². The summed E-state index contributed by atoms with van der Waals surface area (Å²) < 4.78 is 23.2. The molecule has 0 fully saturated rings. The van der Waals surface area contributed by atoms with E-state index in [1.54, 1.807) is 0 Å². The number of rotatable bonds is 13. The number of hydrogen-bond donors (Lipinski definition) is 0. The Morgan fingerprint density at radius 3 is 1.29 bits per heavy atom. The van der Waals surface area contributed by atoms with Gasteiger partial charge in [-0.25, -0.2) is 0 Å². The Morgan fingerprint density at radius 2 is 1.05 bits per heavy atom. The molecule has 6 heteroatoms. The summed E-state index contributed by atoms with van der Waals surface area (Å²) in [5, 5.41) is 0. The van der Waals surface area contributed by atoms with Gasteiger partial charge in [0.15, 0.2) is 8.24 Å². The first kappa shape index (κ1) is 21.3. The van der Waals surface area contributed by atoms with Gasteiger partial charge in [0.2, 0.25) is 0 Å². The van der Waals surface area contributed by atoms with E-state index < -0.39 is 16.0 Å². The van der Waals surface area contributed by atoms with Gasteiger partial charge < -0.3 is 13.6 Å². The van der Waals surface area contributed by atoms with Crippen LogP contribution in [0.15, 0.2) is 4.41 Å². The summed E-state index contributed by atoms with van der Waals surface area (Å²) in [6.45, 7) is 15.1. The van der Waals surface area contributed by atoms with Gasteiger partial charge in [0.1, 0.15) is 0 Å². The van der Waals surface area contributed by atoms with Crippen LogP contribution >= 0.6 is 7.74 Å². The van der Waals surface area contributed by atoms with Gasteiger partial charge >= 0.3 is 7.74 Å². The molecule has 128 valence electrons. The SMILES string of the molecule is CCCCOP(=N[Si](C)(C)C)(OCCCC)OCCCC. The Labute approximate surface area is 133 Å². The Hall–Kier alpha value is 0.327. The summed E-state index contributed by atoms with van der Waals surface area (Å²) in [4.78, 5) is 0. The first-order valence-electron chi connectivity index (χ1n) is 8.46. The minimum absolute atomic E-state index is 0.677. The smallest absolute Gasteiger partial charge is 0.303 e. The third-order valence-electron chi connectivity index (χ3n) is 2.68. The predicted molar refractivity (Wildman–Crippen MR) is 95.3 cm³/mol. The van der Waals surface area contributed by atoms with Crippen molar-refractivity contribution in [1.29, 1.82) is 0 Å². The average Bonchev–Trinajstić information content (AvgIpc) is 2.38. The van der Waals surface area contributed by atoms with E-state index in [2.05, 4.69) is 40.4 Å². The molecule has 21 heavy (non-hydrogen) atoms. The molecule has 0 atom stereocenters. The zero-order valence-corrected chi connectivity index (χ0v) is 16.9. The molecular formula is C15H36NO3PSi. The maximum Gasteiger partial charge on any atom is 0.346 e. The fourth-order valence-electron chi connectivity index (χ4n) is 1.54. The summed E-state index contributed by atoms with van der Waals surface area (Å²) >= 11 is 0. The summed E-state index contributed by atoms with van der Waals surface area (Å²) in [5.41, 5.74) is 0. The zero-order valence-electron chi connectivity index (χ0n) is 15.0. The molecule has 0 amide bonds. The second-order valence-corrected chi connectivity index (χ2v) is 13.2. The normalized spacial score (nSPS) is 12.7. The molecule has 0 rings (SSSR count). The van der Waals surface area contributed by atoms with Crippen molar-refractivity contribution in [3.8, 4) is 0 Å². The van der Waals surface area contributed by atoms with E-state index in [1.807, 2.05) is 0 Å². The fourth-order valence-corrected chi connectivity index (χ4v) is 6.47. The van der Waals surface area contributed by atoms with Gasteiger partial charge in [-0.1, -0.05) is 40.0 Å². The van der Waals surface area contributed by atoms with Crippen molar-refractivity contribution in [2.75, 3.05) is 19.8 Å². The minimum Gasteiger partial charge on any atom is -0.303 e. The number of nitrogens with zero attached hydrogens (tertiary/aromatic N) is 1. The summed E-state index contributed by atoms with van der Waals surface area (Å²) in [6.07, 6.45) is 6.40. The Bertz CT molecular complexity index is 272. The highest BCUT2D eigenvalue weighted by Crippen LogP contribution is 2.55. The number of unbranched alkanes of at least 4 members (excludes halogenated alkanes) is 3. The van der Waals surface area contributed by atoms with Crippen LogP contribution in [0.25, 0.3) is 0 Å². The second-order valence-electron chi connectivity index (χ2n) is 6.30. The minimum atomic E-state index is -2.52. The molecule has 0 unspecified atom stereocenters. The van der Waals surface area contributed by atoms with Crippen LogP contribution in [0.4, 0.5) is 0 Å². The van der Waals surface area contributed by atoms with E-state index in [9.17, 15) is 0 Å². The topological polar surface area (TPSA) is 40.0 Å². The van der Waals surface area contributed by atoms with E-state index in [1.165, 1.54) is 0 Å². The molecule has 0 aliphatic rings. The summed E-state index contributed by atoms with van der Waals surface area (Å²) in [7, 11) is -4.19. The molecule has 0 aromatic rings. The highest BCUT2D eigenvalue weighted by atomic mass is 31.2. The fraction of sp³-hybridized carbons (Fsp3) is 1.00. The molecule has 0 saturated carbocycles. The van der Waals surface area contributed by atoms with Gasteiger partial charge in [0, 0.05) is 0 Å². The Balaban J connectivity index is 5.02. The lowest BCUT2D eigenvalue weighted by Crippen LogP contribution is -2.18. The van der Waals surface area contributed by atoms with Crippen LogP contribution in [-0.2, 0) is 13.6 Å². The highest BCUT2D eigenvalue weighted by molar-refractivity contribution is 7.52. The van der Waals surface area contributed by atoms with Crippen LogP contribution in [0, 0.1) is 0 Å². The maximum absolute atomic E-state index is 6.07. The second kappa shape index (κ2) is 11.8. The van der Waals surface area contributed by atoms with Gasteiger partial charge in [-0.05, 0) is 38.9 Å². The van der Waals surface area contributed by atoms with Crippen molar-refractivity contribution >= 4 is 16.0 Å². The quantitative estimate of drug-likeness (QED) is 0.227. The molecule has 0 N–H and O–H groups in total. The van der Waals surface area contributed by atoms with Gasteiger partial charge in [-0.3, -0.25) is 4.41 Å². The van der Waals surface area contributed by atoms with Gasteiger partial charge in [-0.2, -0.15) is 0 Å². The van der Waals surface area contributed by atoms with Gasteiger partial charge in [0.05, 0.1) is 19.8 Å². The van der Waals surface area contributed by atoms with Gasteiger partial charge in [-0.15, -0.1) is 0 Å². The van der Waals surface area contributed by atoms with Crippen molar-refractivity contribution in [2.45, 2.75) is 78.9 Å². The van der Waals surface area contributed by atoms with Crippen LogP contribution in [0.5, 0.6) is 0 Å². The molecule has 0 heterocycles.